The molecule has 4 heteroatoms. The summed E-state index contributed by atoms with van der Waals surface area (Å²) in [5.41, 5.74) is 2.41. The van der Waals surface area contributed by atoms with Gasteiger partial charge >= 0.3 is 6.09 Å². The van der Waals surface area contributed by atoms with E-state index in [-0.39, 0.29) is 6.04 Å². The number of hydrogen-bond acceptors (Lipinski definition) is 2. The Morgan fingerprint density at radius 3 is 2.76 bits per heavy atom. The van der Waals surface area contributed by atoms with Crippen LogP contribution in [0.4, 0.5) is 10.5 Å². The molecule has 92 valence electrons. The van der Waals surface area contributed by atoms with Crippen molar-refractivity contribution in [2.75, 3.05) is 24.5 Å². The fraction of sp³-hybridized carbons (Fsp3) is 0.462. The van der Waals surface area contributed by atoms with Crippen LogP contribution in [0.15, 0.2) is 24.3 Å². The Morgan fingerprint density at radius 2 is 2.18 bits per heavy atom. The normalized spacial score (nSPS) is 20.5. The number of amides is 1. The predicted molar refractivity (Wildman–Crippen MR) is 67.6 cm³/mol. The zero-order valence-corrected chi connectivity index (χ0v) is 10.3. The van der Waals surface area contributed by atoms with Gasteiger partial charge in [-0.15, -0.1) is 0 Å². The van der Waals surface area contributed by atoms with Crippen molar-refractivity contribution in [2.45, 2.75) is 19.9 Å². The van der Waals surface area contributed by atoms with Crippen molar-refractivity contribution < 1.29 is 9.90 Å². The predicted octanol–water partition coefficient (Wildman–Crippen LogP) is 2.18. The van der Waals surface area contributed by atoms with Crippen LogP contribution in [0.2, 0.25) is 0 Å². The number of piperazine rings is 1. The van der Waals surface area contributed by atoms with Gasteiger partial charge in [-0.25, -0.2) is 4.79 Å². The van der Waals surface area contributed by atoms with Gasteiger partial charge in [0.1, 0.15) is 0 Å². The average Bonchev–Trinajstić information content (AvgIpc) is 2.28. The molecule has 1 fully saturated rings. The Bertz CT molecular complexity index is 420. The lowest BCUT2D eigenvalue weighted by Gasteiger charge is -2.40. The first kappa shape index (κ1) is 11.8. The molecule has 0 aliphatic carbocycles. The maximum atomic E-state index is 10.9. The molecule has 1 N–H and O–H groups in total. The molecule has 1 aromatic carbocycles. The van der Waals surface area contributed by atoms with Crippen LogP contribution in [-0.2, 0) is 0 Å². The van der Waals surface area contributed by atoms with Gasteiger partial charge in [0.2, 0.25) is 0 Å². The van der Waals surface area contributed by atoms with Gasteiger partial charge in [0.25, 0.3) is 0 Å². The molecule has 1 aromatic rings. The number of anilines is 1. The van der Waals surface area contributed by atoms with Crippen LogP contribution in [-0.4, -0.2) is 41.8 Å². The highest BCUT2D eigenvalue weighted by atomic mass is 16.4. The van der Waals surface area contributed by atoms with E-state index in [1.165, 1.54) is 16.2 Å². The highest BCUT2D eigenvalue weighted by Crippen LogP contribution is 2.21. The maximum Gasteiger partial charge on any atom is 0.407 e. The van der Waals surface area contributed by atoms with E-state index in [2.05, 4.69) is 36.9 Å². The third kappa shape index (κ3) is 2.52. The number of carboxylic acid groups (broad SMARTS) is 1. The molecule has 4 nitrogen and oxygen atoms in total. The molecule has 0 aromatic heterocycles. The van der Waals surface area contributed by atoms with Crippen LogP contribution in [0.3, 0.4) is 0 Å². The highest BCUT2D eigenvalue weighted by molar-refractivity contribution is 5.65. The van der Waals surface area contributed by atoms with Gasteiger partial charge in [-0.1, -0.05) is 12.1 Å². The number of carbonyl (C=O) groups is 1. The standard InChI is InChI=1S/C13H18N2O2/c1-10-4-3-5-12(8-10)15-7-6-14(13(16)17)9-11(15)2/h3-5,8,11H,6-7,9H2,1-2H3,(H,16,17)/t11-/m0/s1. The highest BCUT2D eigenvalue weighted by Gasteiger charge is 2.26. The van der Waals surface area contributed by atoms with Crippen LogP contribution in [0.5, 0.6) is 0 Å². The maximum absolute atomic E-state index is 10.9. The van der Waals surface area contributed by atoms with E-state index in [0.717, 1.165) is 6.54 Å². The van der Waals surface area contributed by atoms with E-state index in [1.807, 2.05) is 6.07 Å². The molecule has 1 aliphatic heterocycles. The fourth-order valence-electron chi connectivity index (χ4n) is 2.32. The molecule has 1 heterocycles. The van der Waals surface area contributed by atoms with Gasteiger partial charge < -0.3 is 14.9 Å². The summed E-state index contributed by atoms with van der Waals surface area (Å²) in [5, 5.41) is 8.96. The summed E-state index contributed by atoms with van der Waals surface area (Å²) in [4.78, 5) is 14.7. The summed E-state index contributed by atoms with van der Waals surface area (Å²) >= 11 is 0. The molecule has 0 radical (unpaired) electrons. The SMILES string of the molecule is Cc1cccc(N2CCN(C(=O)O)C[C@@H]2C)c1. The average molecular weight is 234 g/mol. The molecule has 0 spiro atoms. The quantitative estimate of drug-likeness (QED) is 0.810. The third-order valence-corrected chi connectivity index (χ3v) is 3.23. The minimum Gasteiger partial charge on any atom is -0.465 e. The Balaban J connectivity index is 2.12. The molecule has 1 aliphatic rings. The van der Waals surface area contributed by atoms with Crippen molar-refractivity contribution in [3.05, 3.63) is 29.8 Å². The second-order valence-electron chi connectivity index (χ2n) is 4.61. The number of rotatable bonds is 1. The first-order chi connectivity index (χ1) is 8.08. The Kier molecular flexibility index (Phi) is 3.22. The smallest absolute Gasteiger partial charge is 0.407 e. The summed E-state index contributed by atoms with van der Waals surface area (Å²) in [5.74, 6) is 0. The zero-order chi connectivity index (χ0) is 12.4. The van der Waals surface area contributed by atoms with Crippen molar-refractivity contribution >= 4 is 11.8 Å². The summed E-state index contributed by atoms with van der Waals surface area (Å²) < 4.78 is 0. The summed E-state index contributed by atoms with van der Waals surface area (Å²) in [6.07, 6.45) is -0.819. The lowest BCUT2D eigenvalue weighted by molar-refractivity contribution is 0.136. The van der Waals surface area contributed by atoms with E-state index in [1.54, 1.807) is 0 Å². The molecule has 1 atom stereocenters. The minimum atomic E-state index is -0.819. The molecule has 17 heavy (non-hydrogen) atoms. The summed E-state index contributed by atoms with van der Waals surface area (Å²) in [6, 6.07) is 8.57. The number of nitrogens with zero attached hydrogens (tertiary/aromatic N) is 2. The van der Waals surface area contributed by atoms with E-state index in [4.69, 9.17) is 5.11 Å². The summed E-state index contributed by atoms with van der Waals surface area (Å²) in [6.45, 7) is 6.05. The van der Waals surface area contributed by atoms with E-state index in [0.29, 0.717) is 13.1 Å². The van der Waals surface area contributed by atoms with Crippen molar-refractivity contribution in [3.63, 3.8) is 0 Å². The van der Waals surface area contributed by atoms with Crippen molar-refractivity contribution in [2.24, 2.45) is 0 Å². The van der Waals surface area contributed by atoms with Crippen LogP contribution in [0.1, 0.15) is 12.5 Å². The van der Waals surface area contributed by atoms with E-state index < -0.39 is 6.09 Å². The van der Waals surface area contributed by atoms with Crippen molar-refractivity contribution in [1.82, 2.24) is 4.90 Å². The second-order valence-corrected chi connectivity index (χ2v) is 4.61. The Labute approximate surface area is 101 Å². The van der Waals surface area contributed by atoms with Crippen molar-refractivity contribution in [1.29, 1.82) is 0 Å². The first-order valence-corrected chi connectivity index (χ1v) is 5.89. The molecule has 0 unspecified atom stereocenters. The largest absolute Gasteiger partial charge is 0.465 e. The third-order valence-electron chi connectivity index (χ3n) is 3.23. The number of hydrogen-bond donors (Lipinski definition) is 1. The lowest BCUT2D eigenvalue weighted by Crippen LogP contribution is -2.53. The molecular weight excluding hydrogens is 216 g/mol. The van der Waals surface area contributed by atoms with Crippen LogP contribution >= 0.6 is 0 Å². The second kappa shape index (κ2) is 4.65. The van der Waals surface area contributed by atoms with Crippen LogP contribution < -0.4 is 4.90 Å². The monoisotopic (exact) mass is 234 g/mol. The fourth-order valence-corrected chi connectivity index (χ4v) is 2.32. The number of benzene rings is 1. The minimum absolute atomic E-state index is 0.224. The van der Waals surface area contributed by atoms with Crippen LogP contribution in [0, 0.1) is 6.92 Å². The Hall–Kier alpha value is -1.71. The van der Waals surface area contributed by atoms with Gasteiger partial charge in [-0.3, -0.25) is 0 Å². The number of aryl methyl sites for hydroxylation is 1. The van der Waals surface area contributed by atoms with Gasteiger partial charge in [-0.05, 0) is 31.5 Å². The summed E-state index contributed by atoms with van der Waals surface area (Å²) in [7, 11) is 0. The molecule has 1 amide bonds. The van der Waals surface area contributed by atoms with Gasteiger partial charge in [-0.2, -0.15) is 0 Å². The van der Waals surface area contributed by atoms with Gasteiger partial charge in [0, 0.05) is 31.4 Å². The molecule has 2 rings (SSSR count). The van der Waals surface area contributed by atoms with E-state index >= 15 is 0 Å². The van der Waals surface area contributed by atoms with E-state index in [9.17, 15) is 4.79 Å². The lowest BCUT2D eigenvalue weighted by atomic mass is 10.1. The van der Waals surface area contributed by atoms with Gasteiger partial charge in [0.05, 0.1) is 0 Å². The molecule has 1 saturated heterocycles. The van der Waals surface area contributed by atoms with Crippen molar-refractivity contribution in [3.8, 4) is 0 Å². The topological polar surface area (TPSA) is 43.8 Å². The van der Waals surface area contributed by atoms with Crippen LogP contribution in [0.25, 0.3) is 0 Å². The first-order valence-electron chi connectivity index (χ1n) is 5.89. The molecule has 0 bridgehead atoms. The molecule has 0 saturated carbocycles. The Morgan fingerprint density at radius 1 is 1.41 bits per heavy atom. The van der Waals surface area contributed by atoms with Gasteiger partial charge in [0.15, 0.2) is 0 Å². The zero-order valence-electron chi connectivity index (χ0n) is 10.3. The molecular formula is C13H18N2O2.